The van der Waals surface area contributed by atoms with Crippen LogP contribution in [-0.2, 0) is 81.4 Å². The zero-order valence-corrected chi connectivity index (χ0v) is 62.2. The molecule has 0 saturated carbocycles. The number of aryl methyl sites for hydroxylation is 1. The van der Waals surface area contributed by atoms with Crippen molar-refractivity contribution in [3.63, 3.8) is 0 Å². The van der Waals surface area contributed by atoms with Gasteiger partial charge in [0.2, 0.25) is 17.7 Å². The van der Waals surface area contributed by atoms with Crippen LogP contribution in [0.4, 0.5) is 15.3 Å². The number of alkyl carbamates (subject to hydrolysis) is 1. The van der Waals surface area contributed by atoms with Crippen LogP contribution >= 0.6 is 11.6 Å². The highest BCUT2D eigenvalue weighted by atomic mass is 35.5. The Hall–Kier alpha value is -8.56. The maximum atomic E-state index is 14.2. The van der Waals surface area contributed by atoms with Crippen molar-refractivity contribution in [2.24, 2.45) is 5.92 Å². The zero-order valence-electron chi connectivity index (χ0n) is 61.4. The number of amides is 5. The number of carbonyl (C=O) groups excluding carboxylic acids is 7. The fourth-order valence-electron chi connectivity index (χ4n) is 13.6. The highest BCUT2D eigenvalue weighted by Gasteiger charge is 2.64. The number of hydrogen-bond donors (Lipinski definition) is 4. The van der Waals surface area contributed by atoms with Gasteiger partial charge in [-0.2, -0.15) is 0 Å². The number of likely N-dealkylation sites (N-methyl/N-ethyl adjacent to an activating group) is 1. The van der Waals surface area contributed by atoms with Crippen LogP contribution in [0.3, 0.4) is 0 Å². The lowest BCUT2D eigenvalue weighted by molar-refractivity contribution is -0.161. The number of methoxy groups -OCH3 is 2. The number of aliphatic hydroxyl groups is 1. The summed E-state index contributed by atoms with van der Waals surface area (Å²) in [7, 11) is 9.82. The van der Waals surface area contributed by atoms with Gasteiger partial charge in [0.1, 0.15) is 59.0 Å². The van der Waals surface area contributed by atoms with Crippen molar-refractivity contribution in [1.82, 2.24) is 35.4 Å². The second kappa shape index (κ2) is 34.8. The first kappa shape index (κ1) is 78.6. The molecule has 1 unspecified atom stereocenters. The van der Waals surface area contributed by atoms with Crippen LogP contribution in [0.2, 0.25) is 5.02 Å². The van der Waals surface area contributed by atoms with Gasteiger partial charge < -0.3 is 72.7 Å². The molecule has 4 bridgehead atoms. The number of esters is 2. The van der Waals surface area contributed by atoms with Gasteiger partial charge in [-0.25, -0.2) is 24.4 Å². The molecule has 25 nitrogen and oxygen atoms in total. The number of rotatable bonds is 27. The molecular weight excluding hydrogens is 1340 g/mol. The average molecular weight is 1450 g/mol. The minimum absolute atomic E-state index is 0.00657. The largest absolute Gasteiger partial charge is 0.495 e. The standard InChI is InChI=1S/C77H101ClN8O17/c1-48-21-20-28-65(96-13)77(94)45-63(100-73(92)81-77)49(2)70-76(7,103-70)64(31-35-82(8)61-42-51(41-48)43-62(95-12)69(61)78)101-72(91)50(3)84(10)67(88)33-37-97-39-40-98-38-34-79-71(90)59(29-30-68(89)102-75(4,5)6)80-66(87)32-36-86-53(44-52-22-14-19-27-60(52)86)46-83(9)85(11)74(93)99-47-58-56-25-17-15-23-54(56)55-24-16-18-26-57(55)58/h14-28,42-44,49-50,58-59,63-65,70,94H,29-41,45-47H2,1-13H3,(H,79,90)(H,80,87)(H,81,92)/b28-20+,48-21+/t49-,50+,59+,63+,64+,65-,70?,76+,77+/m1/s1. The number of para-hydroxylation sites is 1. The lowest BCUT2D eigenvalue weighted by Gasteiger charge is -2.42. The van der Waals surface area contributed by atoms with E-state index in [1.807, 2.05) is 110 Å². The van der Waals surface area contributed by atoms with Gasteiger partial charge in [0.25, 0.3) is 0 Å². The highest BCUT2D eigenvalue weighted by Crippen LogP contribution is 2.50. The quantitative estimate of drug-likeness (QED) is 0.0125. The van der Waals surface area contributed by atoms with Gasteiger partial charge in [-0.3, -0.25) is 24.5 Å². The van der Waals surface area contributed by atoms with Crippen LogP contribution in [0.5, 0.6) is 5.75 Å². The third-order valence-corrected chi connectivity index (χ3v) is 20.0. The van der Waals surface area contributed by atoms with Crippen molar-refractivity contribution < 1.29 is 81.3 Å². The summed E-state index contributed by atoms with van der Waals surface area (Å²) in [5.41, 5.74) is 5.10. The summed E-state index contributed by atoms with van der Waals surface area (Å²) in [5, 5.41) is 24.7. The molecular formula is C77H101ClN8O17. The van der Waals surface area contributed by atoms with Crippen LogP contribution in [0.1, 0.15) is 115 Å². The van der Waals surface area contributed by atoms with E-state index in [1.165, 1.54) is 24.1 Å². The molecule has 26 heteroatoms. The van der Waals surface area contributed by atoms with Gasteiger partial charge in [-0.05, 0) is 112 Å². The maximum absolute atomic E-state index is 14.2. The normalized spacial score (nSPS) is 22.5. The first-order valence-electron chi connectivity index (χ1n) is 35.1. The fraction of sp³-hybridized carbons (Fsp3) is 0.519. The topological polar surface area (TPSA) is 280 Å². The van der Waals surface area contributed by atoms with E-state index in [-0.39, 0.29) is 96.5 Å². The summed E-state index contributed by atoms with van der Waals surface area (Å²) in [6.07, 6.45) is 1.23. The number of aromatic nitrogens is 1. The number of hydrogen-bond acceptors (Lipinski definition) is 19. The number of halogens is 1. The number of carbonyl (C=O) groups is 7. The molecule has 1 aromatic heterocycles. The fourth-order valence-corrected chi connectivity index (χ4v) is 13.9. The first-order chi connectivity index (χ1) is 49.0. The van der Waals surface area contributed by atoms with Gasteiger partial charge in [0.05, 0.1) is 58.3 Å². The predicted molar refractivity (Wildman–Crippen MR) is 388 cm³/mol. The van der Waals surface area contributed by atoms with Crippen LogP contribution < -0.4 is 25.6 Å². The van der Waals surface area contributed by atoms with E-state index < -0.39 is 95.3 Å². The molecule has 5 amide bonds. The molecule has 4 N–H and O–H groups in total. The second-order valence-electron chi connectivity index (χ2n) is 28.2. The molecule has 2 saturated heterocycles. The Balaban J connectivity index is 0.738. The van der Waals surface area contributed by atoms with Crippen molar-refractivity contribution in [2.45, 2.75) is 166 Å². The summed E-state index contributed by atoms with van der Waals surface area (Å²) in [6.45, 7) is 13.9. The Morgan fingerprint density at radius 1 is 0.893 bits per heavy atom. The van der Waals surface area contributed by atoms with Crippen LogP contribution in [0, 0.1) is 5.92 Å². The predicted octanol–water partition coefficient (Wildman–Crippen LogP) is 9.41. The van der Waals surface area contributed by atoms with Gasteiger partial charge in [-0.15, -0.1) is 0 Å². The van der Waals surface area contributed by atoms with E-state index in [0.717, 1.165) is 50.0 Å². The summed E-state index contributed by atoms with van der Waals surface area (Å²) in [6, 6.07) is 27.8. The van der Waals surface area contributed by atoms with E-state index in [1.54, 1.807) is 66.1 Å². The summed E-state index contributed by atoms with van der Waals surface area (Å²) in [5.74, 6) is -2.65. The molecule has 2 fully saturated rings. The van der Waals surface area contributed by atoms with E-state index in [2.05, 4.69) is 40.2 Å². The number of epoxide rings is 1. The van der Waals surface area contributed by atoms with Gasteiger partial charge >= 0.3 is 24.1 Å². The molecule has 4 aliphatic rings. The number of benzene rings is 4. The number of hydrazine groups is 1. The van der Waals surface area contributed by atoms with Crippen LogP contribution in [0.25, 0.3) is 22.0 Å². The van der Waals surface area contributed by atoms with Crippen molar-refractivity contribution in [3.05, 3.63) is 142 Å². The van der Waals surface area contributed by atoms with Crippen molar-refractivity contribution in [1.29, 1.82) is 0 Å². The molecule has 9 rings (SSSR count). The number of anilines is 1. The van der Waals surface area contributed by atoms with Crippen molar-refractivity contribution in [3.8, 4) is 16.9 Å². The number of nitrogens with zero attached hydrogens (tertiary/aromatic N) is 5. The summed E-state index contributed by atoms with van der Waals surface area (Å²) in [4.78, 5) is 98.4. The molecule has 4 heterocycles. The summed E-state index contributed by atoms with van der Waals surface area (Å²) >= 11 is 6.95. The number of ether oxygens (including phenoxy) is 9. The molecule has 4 aromatic carbocycles. The number of nitrogens with one attached hydrogen (secondary N) is 3. The zero-order chi connectivity index (χ0) is 74.5. The molecule has 5 aromatic rings. The second-order valence-corrected chi connectivity index (χ2v) is 28.6. The van der Waals surface area contributed by atoms with E-state index >= 15 is 0 Å². The monoisotopic (exact) mass is 1440 g/mol. The summed E-state index contributed by atoms with van der Waals surface area (Å²) < 4.78 is 55.0. The molecule has 3 aliphatic heterocycles. The lowest BCUT2D eigenvalue weighted by atomic mass is 9.83. The highest BCUT2D eigenvalue weighted by molar-refractivity contribution is 6.34. The molecule has 103 heavy (non-hydrogen) atoms. The number of fused-ring (bicyclic) bond motifs is 9. The van der Waals surface area contributed by atoms with Gasteiger partial charge in [0.15, 0.2) is 5.72 Å². The van der Waals surface area contributed by atoms with Crippen molar-refractivity contribution in [2.75, 3.05) is 93.4 Å². The van der Waals surface area contributed by atoms with E-state index in [9.17, 15) is 38.7 Å². The Bertz CT molecular complexity index is 3870. The Kier molecular flexibility index (Phi) is 26.6. The van der Waals surface area contributed by atoms with E-state index in [0.29, 0.717) is 36.0 Å². The molecule has 558 valence electrons. The van der Waals surface area contributed by atoms with Gasteiger partial charge in [-0.1, -0.05) is 109 Å². The third kappa shape index (κ3) is 19.8. The van der Waals surface area contributed by atoms with E-state index in [4.69, 9.17) is 54.2 Å². The Morgan fingerprint density at radius 3 is 2.26 bits per heavy atom. The molecule has 9 atom stereocenters. The SMILES string of the molecule is COc1cc2cc(c1Cl)N(C)CC[C@H](OC(=O)[C@H](C)N(C)C(=O)CCOCCOCCNC(=O)[C@H](CCC(=O)OC(C)(C)C)NC(=O)CCn1c(CN(C)N(C)C(=O)OCC3c4ccccc4-c4ccccc43)cc3ccccc31)[C@]1(C)OC1[C@H](C)[C@@H]1C[C@@](O)(NC(=O)O1)[C@H](OC)/C=C/C=C(\C)C2. The molecule has 1 aliphatic carbocycles. The smallest absolute Gasteiger partial charge is 0.424 e. The van der Waals surface area contributed by atoms with Gasteiger partial charge in [0, 0.05) is 104 Å². The average Bonchev–Trinajstić information content (AvgIpc) is 1.58. The minimum atomic E-state index is -1.84. The van der Waals surface area contributed by atoms with Crippen LogP contribution in [-0.4, -0.2) is 208 Å². The van der Waals surface area contributed by atoms with Crippen molar-refractivity contribution >= 4 is 70.0 Å². The Morgan fingerprint density at radius 2 is 1.57 bits per heavy atom. The third-order valence-electron chi connectivity index (χ3n) is 19.6. The lowest BCUT2D eigenvalue weighted by Crippen LogP contribution is -2.63. The van der Waals surface area contributed by atoms with Crippen LogP contribution in [0.15, 0.2) is 115 Å². The molecule has 0 radical (unpaired) electrons. The maximum Gasteiger partial charge on any atom is 0.424 e. The first-order valence-corrected chi connectivity index (χ1v) is 35.5. The molecule has 0 spiro atoms. The number of allylic oxidation sites excluding steroid dienone is 3. The minimum Gasteiger partial charge on any atom is -0.495 e. The Labute approximate surface area is 608 Å².